The summed E-state index contributed by atoms with van der Waals surface area (Å²) in [6, 6.07) is 0. The fourth-order valence-corrected chi connectivity index (χ4v) is 3.97. The van der Waals surface area contributed by atoms with Crippen molar-refractivity contribution in [3.05, 3.63) is 58.4 Å². The van der Waals surface area contributed by atoms with Crippen molar-refractivity contribution < 1.29 is 58.9 Å². The Morgan fingerprint density at radius 1 is 1.31 bits per heavy atom. The molecule has 0 saturated carbocycles. The number of hydrogen-bond donors (Lipinski definition) is 1. The molecule has 2 aliphatic rings. The van der Waals surface area contributed by atoms with E-state index in [1.54, 1.807) is 6.92 Å². The summed E-state index contributed by atoms with van der Waals surface area (Å²) in [6.07, 6.45) is 14.5. The van der Waals surface area contributed by atoms with Crippen molar-refractivity contribution in [1.82, 2.24) is 4.90 Å². The van der Waals surface area contributed by atoms with Gasteiger partial charge in [-0.15, -0.1) is 0 Å². The number of aliphatic hydroxyl groups excluding tert-OH is 1. The average molecular weight is 494 g/mol. The van der Waals surface area contributed by atoms with E-state index in [0.29, 0.717) is 36.5 Å². The molecule has 2 aliphatic heterocycles. The molecule has 0 aliphatic carbocycles. The van der Waals surface area contributed by atoms with Gasteiger partial charge >= 0.3 is 35.5 Å². The number of nitrogens with zero attached hydrogens (tertiary/aromatic N) is 1. The predicted molar refractivity (Wildman–Crippen MR) is 128 cm³/mol. The number of carbonyl (C=O) groups is 3. The van der Waals surface area contributed by atoms with Gasteiger partial charge in [0.15, 0.2) is 6.10 Å². The number of carboxylic acid groups (broad SMARTS) is 1. The Kier molecular flexibility index (Phi) is 13.4. The number of rotatable bonds is 13. The molecule has 186 valence electrons. The molecule has 2 rings (SSSR count). The Morgan fingerprint density at radius 3 is 2.66 bits per heavy atom. The molecule has 0 radical (unpaired) electrons. The Hall–Kier alpha value is -2.09. The van der Waals surface area contributed by atoms with Crippen molar-refractivity contribution >= 4 is 17.8 Å². The van der Waals surface area contributed by atoms with Crippen LogP contribution in [-0.4, -0.2) is 47.0 Å². The number of cyclic esters (lactones) is 1. The minimum atomic E-state index is -1.24. The van der Waals surface area contributed by atoms with Crippen LogP contribution in [0, 0.1) is 5.92 Å². The summed E-state index contributed by atoms with van der Waals surface area (Å²) in [5, 5.41) is 20.6. The largest absolute Gasteiger partial charge is 1.00 e. The molecule has 0 unspecified atom stereocenters. The van der Waals surface area contributed by atoms with E-state index in [-0.39, 0.29) is 47.8 Å². The third kappa shape index (κ3) is 10.2. The van der Waals surface area contributed by atoms with Crippen LogP contribution in [0.25, 0.3) is 0 Å². The molecule has 2 atom stereocenters. The maximum absolute atomic E-state index is 12.1. The molecule has 0 aromatic rings. The van der Waals surface area contributed by atoms with Crippen LogP contribution < -0.4 is 34.7 Å². The van der Waals surface area contributed by atoms with E-state index in [1.165, 1.54) is 10.5 Å². The zero-order chi connectivity index (χ0) is 25.3. The van der Waals surface area contributed by atoms with Gasteiger partial charge < -0.3 is 24.6 Å². The maximum atomic E-state index is 12.1. The molecule has 0 aromatic carbocycles. The van der Waals surface area contributed by atoms with Crippen molar-refractivity contribution in [3.63, 3.8) is 0 Å². The van der Waals surface area contributed by atoms with E-state index in [9.17, 15) is 24.6 Å². The van der Waals surface area contributed by atoms with Crippen LogP contribution in [0.15, 0.2) is 58.4 Å². The van der Waals surface area contributed by atoms with Crippen molar-refractivity contribution in [3.8, 4) is 0 Å². The van der Waals surface area contributed by atoms with Gasteiger partial charge in [-0.3, -0.25) is 4.79 Å². The number of ether oxygens (including phenoxy) is 1. The van der Waals surface area contributed by atoms with Gasteiger partial charge in [0.1, 0.15) is 5.76 Å². The van der Waals surface area contributed by atoms with Gasteiger partial charge in [-0.05, 0) is 58.8 Å². The topological polar surface area (TPSA) is 107 Å². The molecule has 0 spiro atoms. The van der Waals surface area contributed by atoms with E-state index in [2.05, 4.69) is 38.2 Å². The Bertz CT molecular complexity index is 943. The minimum absolute atomic E-state index is 0. The third-order valence-corrected chi connectivity index (χ3v) is 6.14. The van der Waals surface area contributed by atoms with E-state index in [1.807, 2.05) is 13.0 Å². The van der Waals surface area contributed by atoms with Crippen LogP contribution in [0.5, 0.6) is 0 Å². The number of allylic oxidation sites excluding steroid dienone is 5. The molecule has 1 N–H and O–H groups in total. The first kappa shape index (κ1) is 30.9. The zero-order valence-electron chi connectivity index (χ0n) is 21.6. The fraction of sp³-hybridized carbons (Fsp3) is 0.519. The van der Waals surface area contributed by atoms with Crippen LogP contribution >= 0.6 is 0 Å². The molecular weight excluding hydrogens is 457 g/mol. The van der Waals surface area contributed by atoms with E-state index >= 15 is 0 Å². The first-order chi connectivity index (χ1) is 16.1. The number of hydrogen-bond acceptors (Lipinski definition) is 6. The molecule has 1 amide bonds. The van der Waals surface area contributed by atoms with E-state index in [0.717, 1.165) is 31.3 Å². The van der Waals surface area contributed by atoms with E-state index in [4.69, 9.17) is 4.74 Å². The van der Waals surface area contributed by atoms with Crippen molar-refractivity contribution in [2.75, 3.05) is 13.1 Å². The standard InChI is InChI=1S/C27H37NO6.Na/c1-18(10-6-12-20(3)16-23-25(31)21(4)27(33)34-23)8-5-9-19(2)11-7-13-22-14-15-28(26(22)32)17-24(29)30;/h5,8-9,12,14,18,23,31H,6-7,10-11,13,15-17H2,1-4H3,(H,29,30);/q;+1/p-1/b8-5+,19-9+,20-12-;/t18-,23-;/m1./s1. The summed E-state index contributed by atoms with van der Waals surface area (Å²) < 4.78 is 5.17. The summed E-state index contributed by atoms with van der Waals surface area (Å²) in [4.78, 5) is 35.6. The summed E-state index contributed by atoms with van der Waals surface area (Å²) in [6.45, 7) is 7.78. The second-order valence-electron chi connectivity index (χ2n) is 9.25. The summed E-state index contributed by atoms with van der Waals surface area (Å²) in [7, 11) is 0. The van der Waals surface area contributed by atoms with Gasteiger partial charge in [0.25, 0.3) is 0 Å². The molecule has 2 heterocycles. The Morgan fingerprint density at radius 2 is 2.03 bits per heavy atom. The second kappa shape index (κ2) is 15.1. The monoisotopic (exact) mass is 493 g/mol. The van der Waals surface area contributed by atoms with Gasteiger partial charge in [0.2, 0.25) is 5.91 Å². The molecule has 7 nitrogen and oxygen atoms in total. The molecule has 0 saturated heterocycles. The summed E-state index contributed by atoms with van der Waals surface area (Å²) >= 11 is 0. The molecule has 8 heteroatoms. The zero-order valence-corrected chi connectivity index (χ0v) is 23.6. The first-order valence-corrected chi connectivity index (χ1v) is 11.9. The molecular formula is C27H36NNaO6. The molecule has 0 fully saturated rings. The second-order valence-corrected chi connectivity index (χ2v) is 9.25. The van der Waals surface area contributed by atoms with Crippen LogP contribution in [0.2, 0.25) is 0 Å². The number of amides is 1. The van der Waals surface area contributed by atoms with E-state index < -0.39 is 18.0 Å². The van der Waals surface area contributed by atoms with Gasteiger partial charge in [-0.25, -0.2) is 4.79 Å². The van der Waals surface area contributed by atoms with Crippen LogP contribution in [0.3, 0.4) is 0 Å². The number of aliphatic hydroxyl groups is 1. The SMILES string of the molecule is CC1=C(O)[C@@H](C/C(C)=C\CC[C@H](C)/C=C/C=C(\C)CCCC2=CCN(CC(=O)[O-])C2=O)OC1=O.[Na+]. The van der Waals surface area contributed by atoms with Gasteiger partial charge in [-0.2, -0.15) is 0 Å². The van der Waals surface area contributed by atoms with Gasteiger partial charge in [0.05, 0.1) is 18.1 Å². The quantitative estimate of drug-likeness (QED) is 0.175. The Labute approximate surface area is 230 Å². The van der Waals surface area contributed by atoms with Gasteiger partial charge in [0, 0.05) is 18.5 Å². The van der Waals surface area contributed by atoms with Crippen molar-refractivity contribution in [1.29, 1.82) is 0 Å². The summed E-state index contributed by atoms with van der Waals surface area (Å²) in [5.41, 5.74) is 3.30. The normalized spacial score (nSPS) is 19.8. The minimum Gasteiger partial charge on any atom is -0.548 e. The van der Waals surface area contributed by atoms with Crippen molar-refractivity contribution in [2.45, 2.75) is 72.3 Å². The number of esters is 1. The van der Waals surface area contributed by atoms with Crippen LogP contribution in [0.1, 0.15) is 66.2 Å². The number of carbonyl (C=O) groups excluding carboxylic acids is 3. The van der Waals surface area contributed by atoms with Crippen molar-refractivity contribution in [2.24, 2.45) is 5.92 Å². The fourth-order valence-electron chi connectivity index (χ4n) is 3.97. The molecule has 0 bridgehead atoms. The maximum Gasteiger partial charge on any atom is 1.00 e. The smallest absolute Gasteiger partial charge is 0.548 e. The average Bonchev–Trinajstić information content (AvgIpc) is 3.21. The summed E-state index contributed by atoms with van der Waals surface area (Å²) in [5.74, 6) is -1.43. The first-order valence-electron chi connectivity index (χ1n) is 11.9. The number of carboxylic acids is 1. The van der Waals surface area contributed by atoms with Gasteiger partial charge in [-0.1, -0.05) is 48.5 Å². The molecule has 0 aromatic heterocycles. The Balaban J connectivity index is 0.00000612. The number of aliphatic carboxylic acids is 1. The van der Waals surface area contributed by atoms with Crippen LogP contribution in [-0.2, 0) is 19.1 Å². The predicted octanol–water partition coefficient (Wildman–Crippen LogP) is 0.692. The third-order valence-electron chi connectivity index (χ3n) is 6.14. The molecule has 35 heavy (non-hydrogen) atoms. The van der Waals surface area contributed by atoms with Crippen LogP contribution in [0.4, 0.5) is 0 Å².